The van der Waals surface area contributed by atoms with Crippen LogP contribution in [0.3, 0.4) is 0 Å². The van der Waals surface area contributed by atoms with Crippen LogP contribution in [0.25, 0.3) is 6.08 Å². The highest BCUT2D eigenvalue weighted by Gasteiger charge is 2.51. The standard InChI is InChI=1S/C42H66N2O12/c1-12-32-42(8,49)36(47)26(4)33(43-53-18-14-16-29-15-13-17-30(22-29)39-51-19-20-52-39)24(2)23-41(7,50-11)37(27(5)34(45)28(6)38(48)55-32)56-40-35(46)31(44(9)10)21-25(3)54-40/h13-17,22,24-28,31-32,35-37,39-40,46-47,49H,12,18-21,23H2,1-11H3/b16-14+,43-33+/t24-,25-,26+,27+,28-,31+,32-,35-,36-,37-,40+,41-,42-/m1/s1. The number of benzene rings is 1. The predicted molar refractivity (Wildman–Crippen MR) is 209 cm³/mol. The zero-order valence-corrected chi connectivity index (χ0v) is 35.0. The summed E-state index contributed by atoms with van der Waals surface area (Å²) in [7, 11) is 5.26. The number of likely N-dealkylation sites (N-methyl/N-ethyl adjacent to an activating group) is 1. The molecule has 3 fully saturated rings. The second-order valence-corrected chi connectivity index (χ2v) is 16.4. The van der Waals surface area contributed by atoms with Gasteiger partial charge in [-0.2, -0.15) is 0 Å². The number of aliphatic hydroxyl groups excluding tert-OH is 2. The van der Waals surface area contributed by atoms with E-state index in [-0.39, 0.29) is 31.6 Å². The van der Waals surface area contributed by atoms with Gasteiger partial charge in [0.1, 0.15) is 30.3 Å². The molecule has 0 aliphatic carbocycles. The summed E-state index contributed by atoms with van der Waals surface area (Å²) in [6, 6.07) is 7.52. The molecule has 0 radical (unpaired) electrons. The molecule has 13 atom stereocenters. The van der Waals surface area contributed by atoms with Gasteiger partial charge in [-0.15, -0.1) is 0 Å². The molecule has 0 aromatic heterocycles. The largest absolute Gasteiger partial charge is 0.459 e. The van der Waals surface area contributed by atoms with Crippen molar-refractivity contribution in [2.24, 2.45) is 28.8 Å². The van der Waals surface area contributed by atoms with Crippen LogP contribution >= 0.6 is 0 Å². The van der Waals surface area contributed by atoms with Gasteiger partial charge >= 0.3 is 5.97 Å². The van der Waals surface area contributed by atoms with E-state index < -0.39 is 83.6 Å². The Morgan fingerprint density at radius 2 is 1.71 bits per heavy atom. The number of methoxy groups -OCH3 is 1. The van der Waals surface area contributed by atoms with Crippen molar-refractivity contribution in [1.82, 2.24) is 4.90 Å². The first-order chi connectivity index (χ1) is 26.4. The summed E-state index contributed by atoms with van der Waals surface area (Å²) in [5.41, 5.74) is -0.924. The fraction of sp³-hybridized carbons (Fsp3) is 0.738. The van der Waals surface area contributed by atoms with Crippen LogP contribution in [0.5, 0.6) is 0 Å². The number of ether oxygens (including phenoxy) is 6. The van der Waals surface area contributed by atoms with Crippen LogP contribution < -0.4 is 0 Å². The molecule has 316 valence electrons. The number of carbonyl (C=O) groups excluding carboxylic acids is 2. The molecule has 0 unspecified atom stereocenters. The van der Waals surface area contributed by atoms with E-state index in [0.717, 1.165) is 11.1 Å². The SMILES string of the molecule is CC[C@H]1OC(=O)[C@H](C)C(=O)[C@H](C)[C@@H](O[C@@H]2O[C@H](C)C[C@H](N(C)C)[C@H]2O)[C@](C)(OC)C[C@@H](C)/C(=N\OC/C=C/c2cccc(C3OCCO3)c2)[C@H](C)[C@@H](O)[C@]1(C)O. The van der Waals surface area contributed by atoms with Crippen LogP contribution in [0.4, 0.5) is 0 Å². The number of rotatable bonds is 10. The zero-order valence-electron chi connectivity index (χ0n) is 35.0. The first kappa shape index (κ1) is 45.9. The van der Waals surface area contributed by atoms with Crippen molar-refractivity contribution in [3.8, 4) is 0 Å². The minimum atomic E-state index is -1.93. The Morgan fingerprint density at radius 3 is 2.34 bits per heavy atom. The number of Topliss-reactive ketones (excluding diaryl/α,β-unsaturated/α-hetero) is 1. The van der Waals surface area contributed by atoms with Crippen molar-refractivity contribution in [3.63, 3.8) is 0 Å². The van der Waals surface area contributed by atoms with Gasteiger partial charge in [-0.25, -0.2) is 0 Å². The van der Waals surface area contributed by atoms with Crippen molar-refractivity contribution in [3.05, 3.63) is 41.5 Å². The Bertz CT molecular complexity index is 1510. The molecule has 3 N–H and O–H groups in total. The molecule has 0 spiro atoms. The summed E-state index contributed by atoms with van der Waals surface area (Å²) in [4.78, 5) is 35.6. The number of nitrogens with zero attached hydrogens (tertiary/aromatic N) is 2. The van der Waals surface area contributed by atoms with Crippen LogP contribution in [-0.4, -0.2) is 133 Å². The summed E-state index contributed by atoms with van der Waals surface area (Å²) >= 11 is 0. The average molecular weight is 791 g/mol. The highest BCUT2D eigenvalue weighted by Crippen LogP contribution is 2.38. The number of esters is 1. The molecule has 3 heterocycles. The maximum atomic E-state index is 14.2. The molecule has 1 aromatic carbocycles. The van der Waals surface area contributed by atoms with Gasteiger partial charge in [-0.05, 0) is 78.8 Å². The zero-order chi connectivity index (χ0) is 41.5. The third-order valence-corrected chi connectivity index (χ3v) is 11.8. The van der Waals surface area contributed by atoms with Crippen molar-refractivity contribution in [1.29, 1.82) is 0 Å². The van der Waals surface area contributed by atoms with Gasteiger partial charge in [0.2, 0.25) is 0 Å². The van der Waals surface area contributed by atoms with Crippen LogP contribution in [0.15, 0.2) is 35.5 Å². The molecular formula is C42H66N2O12. The highest BCUT2D eigenvalue weighted by atomic mass is 16.7. The first-order valence-electron chi connectivity index (χ1n) is 19.9. The molecule has 14 heteroatoms. The number of hydrogen-bond donors (Lipinski definition) is 3. The van der Waals surface area contributed by atoms with E-state index >= 15 is 0 Å². The van der Waals surface area contributed by atoms with Crippen molar-refractivity contribution in [2.75, 3.05) is 41.0 Å². The Labute approximate surface area is 332 Å². The van der Waals surface area contributed by atoms with E-state index in [2.05, 4.69) is 5.16 Å². The number of oxime groups is 1. The molecule has 3 saturated heterocycles. The normalized spacial score (nSPS) is 39.3. The van der Waals surface area contributed by atoms with E-state index in [1.165, 1.54) is 21.0 Å². The lowest BCUT2D eigenvalue weighted by atomic mass is 9.74. The Hall–Kier alpha value is -2.79. The number of ketones is 1. The number of aliphatic hydroxyl groups is 3. The van der Waals surface area contributed by atoms with E-state index in [4.69, 9.17) is 33.3 Å². The molecule has 0 bridgehead atoms. The topological polar surface area (TPSA) is 175 Å². The molecule has 3 aliphatic heterocycles. The molecule has 0 saturated carbocycles. The minimum absolute atomic E-state index is 0.0874. The minimum Gasteiger partial charge on any atom is -0.459 e. The van der Waals surface area contributed by atoms with E-state index in [1.807, 2.05) is 69.3 Å². The van der Waals surface area contributed by atoms with Gasteiger partial charge in [0, 0.05) is 36.5 Å². The summed E-state index contributed by atoms with van der Waals surface area (Å²) in [5.74, 6) is -4.78. The third-order valence-electron chi connectivity index (χ3n) is 11.8. The fourth-order valence-corrected chi connectivity index (χ4v) is 8.32. The fourth-order valence-electron chi connectivity index (χ4n) is 8.32. The maximum absolute atomic E-state index is 14.2. The molecule has 0 amide bonds. The van der Waals surface area contributed by atoms with Gasteiger partial charge in [-0.1, -0.05) is 57.1 Å². The monoisotopic (exact) mass is 790 g/mol. The van der Waals surface area contributed by atoms with Gasteiger partial charge in [0.25, 0.3) is 0 Å². The lowest BCUT2D eigenvalue weighted by Gasteiger charge is -2.47. The molecule has 4 rings (SSSR count). The number of carbonyl (C=O) groups is 2. The Kier molecular flexibility index (Phi) is 16.2. The van der Waals surface area contributed by atoms with Crippen LogP contribution in [0, 0.1) is 23.7 Å². The first-order valence-corrected chi connectivity index (χ1v) is 19.9. The summed E-state index contributed by atoms with van der Waals surface area (Å²) in [6.45, 7) is 14.8. The van der Waals surface area contributed by atoms with Crippen molar-refractivity contribution >= 4 is 23.5 Å². The Balaban J connectivity index is 1.71. The second-order valence-electron chi connectivity index (χ2n) is 16.4. The molecule has 14 nitrogen and oxygen atoms in total. The smallest absolute Gasteiger partial charge is 0.316 e. The van der Waals surface area contributed by atoms with Crippen molar-refractivity contribution in [2.45, 2.75) is 135 Å². The average Bonchev–Trinajstić information content (AvgIpc) is 3.72. The van der Waals surface area contributed by atoms with E-state index in [9.17, 15) is 24.9 Å². The molecule has 1 aromatic rings. The molecule has 3 aliphatic rings. The maximum Gasteiger partial charge on any atom is 0.316 e. The summed E-state index contributed by atoms with van der Waals surface area (Å²) in [5, 5.41) is 39.6. The van der Waals surface area contributed by atoms with E-state index in [1.54, 1.807) is 27.7 Å². The quantitative estimate of drug-likeness (QED) is 0.133. The molecule has 56 heavy (non-hydrogen) atoms. The summed E-state index contributed by atoms with van der Waals surface area (Å²) in [6.07, 6.45) is -1.81. The van der Waals surface area contributed by atoms with Gasteiger partial charge in [0.05, 0.1) is 42.8 Å². The second kappa shape index (κ2) is 19.8. The van der Waals surface area contributed by atoms with Gasteiger partial charge in [0.15, 0.2) is 18.4 Å². The molecular weight excluding hydrogens is 724 g/mol. The number of cyclic esters (lactones) is 1. The Morgan fingerprint density at radius 1 is 1.04 bits per heavy atom. The van der Waals surface area contributed by atoms with E-state index in [0.29, 0.717) is 25.3 Å². The lowest BCUT2D eigenvalue weighted by Crippen LogP contribution is -2.60. The van der Waals surface area contributed by atoms with Crippen LogP contribution in [-0.2, 0) is 42.8 Å². The lowest BCUT2D eigenvalue weighted by molar-refractivity contribution is -0.295. The summed E-state index contributed by atoms with van der Waals surface area (Å²) < 4.78 is 36.1. The highest BCUT2D eigenvalue weighted by molar-refractivity contribution is 6.00. The number of hydrogen-bond acceptors (Lipinski definition) is 14. The van der Waals surface area contributed by atoms with Crippen LogP contribution in [0.2, 0.25) is 0 Å². The predicted octanol–water partition coefficient (Wildman–Crippen LogP) is 4.29. The van der Waals surface area contributed by atoms with Crippen molar-refractivity contribution < 1.29 is 58.2 Å². The third kappa shape index (κ3) is 10.6. The van der Waals surface area contributed by atoms with Gasteiger partial charge in [-0.3, -0.25) is 9.59 Å². The van der Waals surface area contributed by atoms with Crippen LogP contribution in [0.1, 0.15) is 92.1 Å². The van der Waals surface area contributed by atoms with Gasteiger partial charge < -0.3 is 53.5 Å².